The Kier molecular flexibility index (Phi) is 4.10. The van der Waals surface area contributed by atoms with Gasteiger partial charge in [0.15, 0.2) is 0 Å². The maximum absolute atomic E-state index is 13.3. The van der Waals surface area contributed by atoms with Gasteiger partial charge < -0.3 is 4.90 Å². The summed E-state index contributed by atoms with van der Waals surface area (Å²) in [6, 6.07) is 8.35. The lowest BCUT2D eigenvalue weighted by molar-refractivity contribution is 0.0616. The molecule has 0 unspecified atom stereocenters. The normalized spacial score (nSPS) is 15.6. The van der Waals surface area contributed by atoms with Gasteiger partial charge in [-0.05, 0) is 23.8 Å². The van der Waals surface area contributed by atoms with Crippen molar-refractivity contribution < 1.29 is 9.18 Å². The highest BCUT2D eigenvalue weighted by Crippen LogP contribution is 2.11. The van der Waals surface area contributed by atoms with Gasteiger partial charge in [-0.2, -0.15) is 4.98 Å². The van der Waals surface area contributed by atoms with Crippen molar-refractivity contribution in [3.05, 3.63) is 59.9 Å². The molecular weight excluding hydrogens is 323 g/mol. The minimum absolute atomic E-state index is 0.164. The van der Waals surface area contributed by atoms with Crippen molar-refractivity contribution in [3.63, 3.8) is 0 Å². The zero-order valence-electron chi connectivity index (χ0n) is 13.5. The maximum Gasteiger partial charge on any atom is 0.293 e. The first-order valence-electron chi connectivity index (χ1n) is 8.12. The number of amides is 1. The third kappa shape index (κ3) is 3.34. The van der Waals surface area contributed by atoms with Crippen LogP contribution in [0.4, 0.5) is 4.39 Å². The van der Waals surface area contributed by atoms with Crippen LogP contribution in [0.2, 0.25) is 0 Å². The number of hydrogen-bond acceptors (Lipinski definition) is 5. The van der Waals surface area contributed by atoms with Crippen molar-refractivity contribution in [1.29, 1.82) is 0 Å². The van der Waals surface area contributed by atoms with E-state index < -0.39 is 0 Å². The molecule has 0 atom stereocenters. The van der Waals surface area contributed by atoms with Crippen LogP contribution < -0.4 is 0 Å². The molecule has 4 rings (SSSR count). The minimum atomic E-state index is -0.224. The summed E-state index contributed by atoms with van der Waals surface area (Å²) in [4.78, 5) is 24.8. The summed E-state index contributed by atoms with van der Waals surface area (Å²) in [5.74, 6) is 0.168. The fourth-order valence-corrected chi connectivity index (χ4v) is 2.97. The Bertz CT molecular complexity index is 870. The van der Waals surface area contributed by atoms with Gasteiger partial charge in [0.1, 0.15) is 5.82 Å². The fraction of sp³-hybridized carbons (Fsp3) is 0.294. The van der Waals surface area contributed by atoms with Crippen LogP contribution in [0, 0.1) is 5.82 Å². The van der Waals surface area contributed by atoms with Gasteiger partial charge in [-0.3, -0.25) is 9.69 Å². The standard InChI is InChI=1S/C17H17FN6O/c18-14-4-1-3-13(11-14)12-22-7-9-23(10-8-22)16(25)15-20-17-19-5-2-6-24(17)21-15/h1-6,11H,7-10,12H2. The van der Waals surface area contributed by atoms with Crippen molar-refractivity contribution in [2.75, 3.05) is 26.2 Å². The minimum Gasteiger partial charge on any atom is -0.333 e. The molecule has 1 saturated heterocycles. The second-order valence-electron chi connectivity index (χ2n) is 6.00. The summed E-state index contributed by atoms with van der Waals surface area (Å²) in [6.07, 6.45) is 3.33. The molecule has 0 spiro atoms. The van der Waals surface area contributed by atoms with Crippen LogP contribution in [-0.2, 0) is 6.54 Å². The Morgan fingerprint density at radius 1 is 1.16 bits per heavy atom. The van der Waals surface area contributed by atoms with Gasteiger partial charge in [-0.25, -0.2) is 13.9 Å². The third-order valence-corrected chi connectivity index (χ3v) is 4.26. The number of carbonyl (C=O) groups excluding carboxylic acids is 1. The summed E-state index contributed by atoms with van der Waals surface area (Å²) in [5.41, 5.74) is 0.938. The van der Waals surface area contributed by atoms with Gasteiger partial charge >= 0.3 is 0 Å². The van der Waals surface area contributed by atoms with Gasteiger partial charge in [-0.1, -0.05) is 12.1 Å². The highest BCUT2D eigenvalue weighted by Gasteiger charge is 2.25. The maximum atomic E-state index is 13.3. The first-order chi connectivity index (χ1) is 12.2. The van der Waals surface area contributed by atoms with Crippen LogP contribution in [0.15, 0.2) is 42.7 Å². The third-order valence-electron chi connectivity index (χ3n) is 4.26. The summed E-state index contributed by atoms with van der Waals surface area (Å²) >= 11 is 0. The van der Waals surface area contributed by atoms with E-state index in [4.69, 9.17) is 0 Å². The number of rotatable bonds is 3. The van der Waals surface area contributed by atoms with E-state index in [1.54, 1.807) is 35.5 Å². The summed E-state index contributed by atoms with van der Waals surface area (Å²) < 4.78 is 14.8. The van der Waals surface area contributed by atoms with E-state index in [0.29, 0.717) is 25.4 Å². The molecule has 2 aromatic heterocycles. The van der Waals surface area contributed by atoms with E-state index in [2.05, 4.69) is 20.0 Å². The molecule has 1 amide bonds. The van der Waals surface area contributed by atoms with Crippen molar-refractivity contribution in [2.45, 2.75) is 6.54 Å². The van der Waals surface area contributed by atoms with Crippen molar-refractivity contribution in [2.24, 2.45) is 0 Å². The fourth-order valence-electron chi connectivity index (χ4n) is 2.97. The zero-order valence-corrected chi connectivity index (χ0v) is 13.5. The van der Waals surface area contributed by atoms with Gasteiger partial charge in [0.25, 0.3) is 11.7 Å². The van der Waals surface area contributed by atoms with Crippen LogP contribution in [0.1, 0.15) is 16.2 Å². The smallest absolute Gasteiger partial charge is 0.293 e. The average molecular weight is 340 g/mol. The second kappa shape index (κ2) is 6.56. The second-order valence-corrected chi connectivity index (χ2v) is 6.00. The van der Waals surface area contributed by atoms with E-state index >= 15 is 0 Å². The molecule has 8 heteroatoms. The number of carbonyl (C=O) groups is 1. The SMILES string of the molecule is O=C(c1nc2ncccn2n1)N1CCN(Cc2cccc(F)c2)CC1. The van der Waals surface area contributed by atoms with Gasteiger partial charge in [0.2, 0.25) is 5.82 Å². The number of halogens is 1. The summed E-state index contributed by atoms with van der Waals surface area (Å²) in [7, 11) is 0. The topological polar surface area (TPSA) is 66.6 Å². The molecule has 0 bridgehead atoms. The molecule has 0 N–H and O–H groups in total. The molecular formula is C17H17FN6O. The molecule has 0 radical (unpaired) electrons. The number of fused-ring (bicyclic) bond motifs is 1. The van der Waals surface area contributed by atoms with Gasteiger partial charge in [-0.15, -0.1) is 5.10 Å². The molecule has 1 aliphatic heterocycles. The number of nitrogens with zero attached hydrogens (tertiary/aromatic N) is 6. The molecule has 25 heavy (non-hydrogen) atoms. The first-order valence-corrected chi connectivity index (χ1v) is 8.12. The number of benzene rings is 1. The molecule has 128 valence electrons. The van der Waals surface area contributed by atoms with E-state index in [9.17, 15) is 9.18 Å². The quantitative estimate of drug-likeness (QED) is 0.717. The highest BCUT2D eigenvalue weighted by molar-refractivity contribution is 5.90. The van der Waals surface area contributed by atoms with Crippen LogP contribution in [0.25, 0.3) is 5.78 Å². The summed E-state index contributed by atoms with van der Waals surface area (Å²) in [5, 5.41) is 4.18. The van der Waals surface area contributed by atoms with Crippen LogP contribution >= 0.6 is 0 Å². The lowest BCUT2D eigenvalue weighted by atomic mass is 10.2. The zero-order chi connectivity index (χ0) is 17.2. The Balaban J connectivity index is 1.38. The summed E-state index contributed by atoms with van der Waals surface area (Å²) in [6.45, 7) is 3.33. The Hall–Kier alpha value is -2.87. The van der Waals surface area contributed by atoms with Gasteiger partial charge in [0.05, 0.1) is 0 Å². The van der Waals surface area contributed by atoms with E-state index in [1.165, 1.54) is 10.6 Å². The Morgan fingerprint density at radius 2 is 2.00 bits per heavy atom. The molecule has 0 aliphatic carbocycles. The molecule has 1 fully saturated rings. The monoisotopic (exact) mass is 340 g/mol. The molecule has 0 saturated carbocycles. The van der Waals surface area contributed by atoms with Crippen LogP contribution in [-0.4, -0.2) is 61.5 Å². The Morgan fingerprint density at radius 3 is 2.76 bits per heavy atom. The lowest BCUT2D eigenvalue weighted by Crippen LogP contribution is -2.48. The van der Waals surface area contributed by atoms with Crippen molar-refractivity contribution in [3.8, 4) is 0 Å². The van der Waals surface area contributed by atoms with Crippen LogP contribution in [0.3, 0.4) is 0 Å². The predicted octanol–water partition coefficient (Wildman–Crippen LogP) is 1.22. The van der Waals surface area contributed by atoms with Crippen molar-refractivity contribution in [1.82, 2.24) is 29.4 Å². The Labute approximate surface area is 143 Å². The molecule has 7 nitrogen and oxygen atoms in total. The number of hydrogen-bond donors (Lipinski definition) is 0. The van der Waals surface area contributed by atoms with Gasteiger partial charge in [0, 0.05) is 45.1 Å². The predicted molar refractivity (Wildman–Crippen MR) is 88.4 cm³/mol. The first kappa shape index (κ1) is 15.6. The lowest BCUT2D eigenvalue weighted by Gasteiger charge is -2.34. The van der Waals surface area contributed by atoms with E-state index in [0.717, 1.165) is 18.7 Å². The molecule has 3 heterocycles. The molecule has 3 aromatic rings. The number of aromatic nitrogens is 4. The van der Waals surface area contributed by atoms with Crippen LogP contribution in [0.5, 0.6) is 0 Å². The number of piperazine rings is 1. The average Bonchev–Trinajstić information content (AvgIpc) is 3.06. The largest absolute Gasteiger partial charge is 0.333 e. The molecule has 1 aromatic carbocycles. The highest BCUT2D eigenvalue weighted by atomic mass is 19.1. The van der Waals surface area contributed by atoms with Crippen molar-refractivity contribution >= 4 is 11.7 Å². The molecule has 1 aliphatic rings. The van der Waals surface area contributed by atoms with E-state index in [1.807, 2.05) is 6.07 Å². The van der Waals surface area contributed by atoms with E-state index in [-0.39, 0.29) is 17.5 Å².